The number of halogens is 1. The van der Waals surface area contributed by atoms with Crippen molar-refractivity contribution in [1.29, 1.82) is 0 Å². The lowest BCUT2D eigenvalue weighted by Gasteiger charge is -2.19. The molecule has 3 N–H and O–H groups in total. The monoisotopic (exact) mass is 427 g/mol. The highest BCUT2D eigenvalue weighted by molar-refractivity contribution is 7.15. The number of anilines is 2. The van der Waals surface area contributed by atoms with Gasteiger partial charge in [-0.1, -0.05) is 32.9 Å². The third-order valence-corrected chi connectivity index (χ3v) is 5.75. The number of benzene rings is 1. The molecule has 0 radical (unpaired) electrons. The van der Waals surface area contributed by atoms with Crippen molar-refractivity contribution in [3.63, 3.8) is 0 Å². The normalized spacial score (nSPS) is 11.3. The van der Waals surface area contributed by atoms with E-state index in [1.54, 1.807) is 18.2 Å². The van der Waals surface area contributed by atoms with E-state index in [0.29, 0.717) is 16.3 Å². The summed E-state index contributed by atoms with van der Waals surface area (Å²) in [4.78, 5) is 26.0. The van der Waals surface area contributed by atoms with E-state index in [1.807, 2.05) is 20.8 Å². The van der Waals surface area contributed by atoms with Crippen LogP contribution in [0.25, 0.3) is 21.8 Å². The Bertz CT molecular complexity index is 1110. The van der Waals surface area contributed by atoms with Crippen LogP contribution in [0.15, 0.2) is 43.1 Å². The van der Waals surface area contributed by atoms with Gasteiger partial charge >= 0.3 is 6.09 Å². The van der Waals surface area contributed by atoms with E-state index < -0.39 is 11.9 Å². The van der Waals surface area contributed by atoms with Crippen molar-refractivity contribution < 1.29 is 14.3 Å². The highest BCUT2D eigenvalue weighted by Gasteiger charge is 2.27. The van der Waals surface area contributed by atoms with Gasteiger partial charge in [0.25, 0.3) is 0 Å². The highest BCUT2D eigenvalue weighted by Crippen LogP contribution is 2.42. The van der Waals surface area contributed by atoms with Gasteiger partial charge in [-0.05, 0) is 18.2 Å². The Labute approximate surface area is 177 Å². The van der Waals surface area contributed by atoms with E-state index in [9.17, 15) is 9.90 Å². The average Bonchev–Trinajstić information content (AvgIpc) is 3.12. The Balaban J connectivity index is 2.25. The van der Waals surface area contributed by atoms with Crippen LogP contribution >= 0.6 is 11.3 Å². The van der Waals surface area contributed by atoms with Crippen LogP contribution in [0.3, 0.4) is 0 Å². The number of thiazole rings is 1. The summed E-state index contributed by atoms with van der Waals surface area (Å²) in [6.07, 6.45) is 1.65. The number of nitrogens with two attached hydrogens (primary N) is 1. The molecule has 3 aromatic rings. The van der Waals surface area contributed by atoms with E-state index >= 15 is 4.39 Å². The largest absolute Gasteiger partial charge is 0.465 e. The van der Waals surface area contributed by atoms with Crippen molar-refractivity contribution in [2.75, 3.05) is 17.2 Å². The molecule has 7 nitrogen and oxygen atoms in total. The van der Waals surface area contributed by atoms with Crippen molar-refractivity contribution in [3.05, 3.63) is 53.9 Å². The Morgan fingerprint density at radius 2 is 2.07 bits per heavy atom. The van der Waals surface area contributed by atoms with Crippen LogP contribution < -0.4 is 10.6 Å². The number of amides is 1. The fourth-order valence-electron chi connectivity index (χ4n) is 2.82. The topological polar surface area (TPSA) is 105 Å². The summed E-state index contributed by atoms with van der Waals surface area (Å²) in [6.45, 7) is 9.53. The second-order valence-corrected chi connectivity index (χ2v) is 8.57. The first kappa shape index (κ1) is 21.4. The molecule has 0 saturated carbocycles. The minimum atomic E-state index is -1.27. The van der Waals surface area contributed by atoms with Crippen molar-refractivity contribution in [2.24, 2.45) is 0 Å². The van der Waals surface area contributed by atoms with Crippen molar-refractivity contribution in [1.82, 2.24) is 15.0 Å². The van der Waals surface area contributed by atoms with Gasteiger partial charge in [0.2, 0.25) is 5.95 Å². The number of nitrogen functional groups attached to an aromatic ring is 1. The van der Waals surface area contributed by atoms with E-state index in [2.05, 4.69) is 16.5 Å². The van der Waals surface area contributed by atoms with Gasteiger partial charge in [0, 0.05) is 23.7 Å². The zero-order valence-corrected chi connectivity index (χ0v) is 17.7. The zero-order valence-electron chi connectivity index (χ0n) is 16.9. The smallest absolute Gasteiger partial charge is 0.412 e. The molecule has 30 heavy (non-hydrogen) atoms. The second kappa shape index (κ2) is 8.19. The predicted octanol–water partition coefficient (Wildman–Crippen LogP) is 4.96. The van der Waals surface area contributed by atoms with E-state index in [0.717, 1.165) is 9.91 Å². The van der Waals surface area contributed by atoms with Gasteiger partial charge in [0.1, 0.15) is 0 Å². The fraction of sp³-hybridized carbons (Fsp3) is 0.238. The maximum absolute atomic E-state index is 15.5. The maximum Gasteiger partial charge on any atom is 0.412 e. The van der Waals surface area contributed by atoms with Crippen LogP contribution in [0.1, 0.15) is 25.8 Å². The highest BCUT2D eigenvalue weighted by atomic mass is 32.1. The van der Waals surface area contributed by atoms with Crippen molar-refractivity contribution in [3.8, 4) is 21.8 Å². The van der Waals surface area contributed by atoms with Gasteiger partial charge in [0.15, 0.2) is 5.82 Å². The van der Waals surface area contributed by atoms with Crippen LogP contribution in [0.4, 0.5) is 20.8 Å². The lowest BCUT2D eigenvalue weighted by atomic mass is 9.98. The molecule has 9 heteroatoms. The molecule has 0 fully saturated rings. The summed E-state index contributed by atoms with van der Waals surface area (Å²) in [6, 6.07) is 6.27. The number of carboxylic acid groups (broad SMARTS) is 1. The molecular weight excluding hydrogens is 405 g/mol. The van der Waals surface area contributed by atoms with Gasteiger partial charge in [-0.25, -0.2) is 24.1 Å². The predicted molar refractivity (Wildman–Crippen MR) is 117 cm³/mol. The maximum atomic E-state index is 15.5. The Kier molecular flexibility index (Phi) is 5.84. The molecule has 0 aliphatic rings. The summed E-state index contributed by atoms with van der Waals surface area (Å²) in [5.74, 6) is -0.586. The molecule has 0 spiro atoms. The average molecular weight is 428 g/mol. The zero-order chi connectivity index (χ0) is 22.1. The Morgan fingerprint density at radius 3 is 2.67 bits per heavy atom. The number of nitrogens with zero attached hydrogens (tertiary/aromatic N) is 4. The molecule has 0 saturated heterocycles. The second-order valence-electron chi connectivity index (χ2n) is 7.57. The molecule has 1 aromatic carbocycles. The third-order valence-electron chi connectivity index (χ3n) is 4.24. The van der Waals surface area contributed by atoms with Crippen molar-refractivity contribution >= 4 is 29.1 Å². The number of hydrogen-bond donors (Lipinski definition) is 2. The molecular formula is C21H22FN5O2S. The van der Waals surface area contributed by atoms with E-state index in [-0.39, 0.29) is 29.2 Å². The Hall–Kier alpha value is -3.33. The van der Waals surface area contributed by atoms with Gasteiger partial charge in [-0.15, -0.1) is 17.9 Å². The molecule has 2 aromatic heterocycles. The lowest BCUT2D eigenvalue weighted by molar-refractivity contribution is 0.202. The standard InChI is InChI=1S/C21H22FN5O2S/c1-5-11-27(20(28)29)14-8-6-7-12(15(14)22)16-17(13-9-10-24-19(23)25-13)30-18(26-16)21(2,3)4/h5-10H,1,11H2,2-4H3,(H,28,29)(H2,23,24,25). The SMILES string of the molecule is C=CCN(C(=O)O)c1cccc(-c2nc(C(C)(C)C)sc2-c2ccnc(N)n2)c1F. The number of rotatable bonds is 5. The minimum Gasteiger partial charge on any atom is -0.465 e. The van der Waals surface area contributed by atoms with E-state index in [4.69, 9.17) is 10.7 Å². The molecule has 156 valence electrons. The van der Waals surface area contributed by atoms with Crippen LogP contribution in [0, 0.1) is 5.82 Å². The molecule has 0 atom stereocenters. The third kappa shape index (κ3) is 4.16. The van der Waals surface area contributed by atoms with Crippen LogP contribution in [-0.4, -0.2) is 32.7 Å². The summed E-state index contributed by atoms with van der Waals surface area (Å²) in [5, 5.41) is 10.3. The molecule has 0 unspecified atom stereocenters. The first-order valence-corrected chi connectivity index (χ1v) is 9.95. The van der Waals surface area contributed by atoms with E-state index in [1.165, 1.54) is 29.7 Å². The first-order valence-electron chi connectivity index (χ1n) is 9.14. The van der Waals surface area contributed by atoms with Gasteiger partial charge in [-0.2, -0.15) is 0 Å². The summed E-state index contributed by atoms with van der Waals surface area (Å²) in [5.41, 5.74) is 6.48. The van der Waals surface area contributed by atoms with Crippen molar-refractivity contribution in [2.45, 2.75) is 26.2 Å². The number of carbonyl (C=O) groups is 1. The van der Waals surface area contributed by atoms with Crippen LogP contribution in [-0.2, 0) is 5.41 Å². The quantitative estimate of drug-likeness (QED) is 0.558. The molecule has 2 heterocycles. The van der Waals surface area contributed by atoms with Gasteiger partial charge < -0.3 is 10.8 Å². The minimum absolute atomic E-state index is 0.0463. The number of aromatic nitrogens is 3. The fourth-order valence-corrected chi connectivity index (χ4v) is 3.92. The molecule has 3 rings (SSSR count). The molecule has 1 amide bonds. The molecule has 0 bridgehead atoms. The molecule has 0 aliphatic heterocycles. The van der Waals surface area contributed by atoms with Crippen LogP contribution in [0.2, 0.25) is 0 Å². The first-order chi connectivity index (χ1) is 14.1. The molecule has 0 aliphatic carbocycles. The summed E-state index contributed by atoms with van der Waals surface area (Å²) >= 11 is 1.39. The summed E-state index contributed by atoms with van der Waals surface area (Å²) in [7, 11) is 0. The number of hydrogen-bond acceptors (Lipinski definition) is 6. The van der Waals surface area contributed by atoms with Crippen LogP contribution in [0.5, 0.6) is 0 Å². The van der Waals surface area contributed by atoms with Gasteiger partial charge in [0.05, 0.1) is 27.0 Å². The lowest BCUT2D eigenvalue weighted by Crippen LogP contribution is -2.30. The Morgan fingerprint density at radius 1 is 1.33 bits per heavy atom. The summed E-state index contributed by atoms with van der Waals surface area (Å²) < 4.78 is 15.5. The van der Waals surface area contributed by atoms with Gasteiger partial charge in [-0.3, -0.25) is 4.90 Å².